The molecule has 0 aliphatic heterocycles. The number of nitrogens with zero attached hydrogens (tertiary/aromatic N) is 1. The van der Waals surface area contributed by atoms with Crippen molar-refractivity contribution in [2.45, 2.75) is 0 Å². The number of benzene rings is 9. The number of hydrogen-bond donors (Lipinski definition) is 0. The number of para-hydroxylation sites is 1. The molecule has 0 saturated carbocycles. The number of hydrogen-bond acceptors (Lipinski definition) is 2. The van der Waals surface area contributed by atoms with E-state index in [1.165, 1.54) is 0 Å². The van der Waals surface area contributed by atoms with Crippen molar-refractivity contribution < 1.29 is 23.6 Å². The van der Waals surface area contributed by atoms with E-state index in [2.05, 4.69) is 6.07 Å². The smallest absolute Gasteiger partial charge is 0.135 e. The molecule has 0 unspecified atom stereocenters. The second-order valence-corrected chi connectivity index (χ2v) is 12.3. The summed E-state index contributed by atoms with van der Waals surface area (Å²) in [7, 11) is 0. The van der Waals surface area contributed by atoms with E-state index < -0.39 is 72.5 Å². The molecule has 10 aromatic rings. The van der Waals surface area contributed by atoms with Gasteiger partial charge in [-0.05, 0) is 110 Å². The highest BCUT2D eigenvalue weighted by atomic mass is 16.3. The van der Waals surface area contributed by atoms with Crippen LogP contribution >= 0.6 is 0 Å². The molecule has 0 saturated heterocycles. The fourth-order valence-electron chi connectivity index (χ4n) is 6.79. The van der Waals surface area contributed by atoms with Crippen LogP contribution in [-0.4, -0.2) is 0 Å². The lowest BCUT2D eigenvalue weighted by atomic mass is 9.97. The van der Waals surface area contributed by atoms with E-state index in [9.17, 15) is 0 Å². The number of fused-ring (bicyclic) bond motifs is 5. The van der Waals surface area contributed by atoms with Gasteiger partial charge in [0.2, 0.25) is 0 Å². The lowest BCUT2D eigenvalue weighted by Crippen LogP contribution is -2.10. The number of rotatable bonds is 6. The van der Waals surface area contributed by atoms with Crippen molar-refractivity contribution in [3.63, 3.8) is 0 Å². The summed E-state index contributed by atoms with van der Waals surface area (Å²) in [5.41, 5.74) is 6.25. The topological polar surface area (TPSA) is 16.4 Å². The van der Waals surface area contributed by atoms with Crippen LogP contribution in [0.3, 0.4) is 0 Å². The van der Waals surface area contributed by atoms with Crippen LogP contribution < -0.4 is 4.90 Å². The predicted octanol–water partition coefficient (Wildman–Crippen LogP) is 14.4. The zero-order valence-corrected chi connectivity index (χ0v) is 27.3. The molecule has 9 aromatic carbocycles. The van der Waals surface area contributed by atoms with Crippen LogP contribution in [0.4, 0.5) is 17.1 Å². The Morgan fingerprint density at radius 1 is 0.365 bits per heavy atom. The Morgan fingerprint density at radius 3 is 1.56 bits per heavy atom. The Bertz CT molecular complexity index is 3520. The maximum Gasteiger partial charge on any atom is 0.135 e. The first-order valence-corrected chi connectivity index (χ1v) is 16.6. The predicted molar refractivity (Wildman–Crippen MR) is 220 cm³/mol. The van der Waals surface area contributed by atoms with E-state index in [-0.39, 0.29) is 44.8 Å². The van der Waals surface area contributed by atoms with E-state index in [1.807, 2.05) is 65.6 Å². The van der Waals surface area contributed by atoms with Crippen LogP contribution in [0, 0.1) is 0 Å². The molecule has 0 amide bonds. The van der Waals surface area contributed by atoms with Gasteiger partial charge in [0.15, 0.2) is 0 Å². The third kappa shape index (κ3) is 5.21. The van der Waals surface area contributed by atoms with Gasteiger partial charge in [-0.2, -0.15) is 0 Å². The lowest BCUT2D eigenvalue weighted by molar-refractivity contribution is 0.669. The Hall–Kier alpha value is -6.90. The molecule has 0 aliphatic carbocycles. The summed E-state index contributed by atoms with van der Waals surface area (Å²) in [5, 5.41) is 1.60. The van der Waals surface area contributed by atoms with E-state index in [0.29, 0.717) is 28.2 Å². The molecule has 244 valence electrons. The van der Waals surface area contributed by atoms with Crippen LogP contribution in [-0.2, 0) is 0 Å². The molecule has 0 bridgehead atoms. The van der Waals surface area contributed by atoms with Gasteiger partial charge in [0, 0.05) is 27.8 Å². The van der Waals surface area contributed by atoms with Crippen molar-refractivity contribution >= 4 is 60.5 Å². The maximum absolute atomic E-state index is 8.92. The summed E-state index contributed by atoms with van der Waals surface area (Å²) in [6.07, 6.45) is 0. The lowest BCUT2D eigenvalue weighted by Gasteiger charge is -2.26. The normalized spacial score (nSPS) is 15.2. The van der Waals surface area contributed by atoms with E-state index in [4.69, 9.17) is 23.6 Å². The van der Waals surface area contributed by atoms with Crippen LogP contribution in [0.1, 0.15) is 19.2 Å². The number of furan rings is 1. The zero-order chi connectivity index (χ0) is 46.6. The summed E-state index contributed by atoms with van der Waals surface area (Å²) in [5.74, 6) is 0. The molecule has 2 heteroatoms. The average molecular weight is 678 g/mol. The quantitative estimate of drug-likeness (QED) is 0.174. The van der Waals surface area contributed by atoms with Crippen molar-refractivity contribution in [2.24, 2.45) is 0 Å². The van der Waals surface area contributed by atoms with Crippen molar-refractivity contribution in [3.8, 4) is 33.4 Å². The highest BCUT2D eigenvalue weighted by Gasteiger charge is 2.16. The van der Waals surface area contributed by atoms with Crippen molar-refractivity contribution in [1.82, 2.24) is 0 Å². The standard InChI is InChI=1S/C50H33NO/c1-3-16-43-34(10-1)12-8-19-45(43)36-22-27-40(28-23-36)51(41-29-24-37(25-30-41)46-20-9-13-35-11-2-4-17-44(35)46)42-15-7-14-38(32-42)39-26-31-50-48(33-39)47-18-5-6-21-49(47)52-50/h1-33H/i1D,2D,3D,4D,8D,9D,10D,11D,12D,13D,16D,17D,19D,20D. The molecule has 0 aliphatic rings. The van der Waals surface area contributed by atoms with Crippen molar-refractivity contribution in [2.75, 3.05) is 4.90 Å². The third-order valence-electron chi connectivity index (χ3n) is 9.27. The van der Waals surface area contributed by atoms with Gasteiger partial charge >= 0.3 is 0 Å². The third-order valence-corrected chi connectivity index (χ3v) is 9.27. The fourth-order valence-corrected chi connectivity index (χ4v) is 6.79. The zero-order valence-electron chi connectivity index (χ0n) is 41.3. The second kappa shape index (κ2) is 12.5. The van der Waals surface area contributed by atoms with Crippen LogP contribution in [0.2, 0.25) is 0 Å². The Labute approximate surface area is 322 Å². The molecule has 1 heterocycles. The van der Waals surface area contributed by atoms with Gasteiger partial charge in [-0.1, -0.05) is 145 Å². The van der Waals surface area contributed by atoms with Gasteiger partial charge < -0.3 is 9.32 Å². The summed E-state index contributed by atoms with van der Waals surface area (Å²) in [4.78, 5) is 1.95. The van der Waals surface area contributed by atoms with E-state index >= 15 is 0 Å². The molecule has 0 fully saturated rings. The van der Waals surface area contributed by atoms with Gasteiger partial charge in [0.25, 0.3) is 0 Å². The van der Waals surface area contributed by atoms with Crippen LogP contribution in [0.25, 0.3) is 76.9 Å². The second-order valence-electron chi connectivity index (χ2n) is 12.3. The van der Waals surface area contributed by atoms with Crippen molar-refractivity contribution in [3.05, 3.63) is 200 Å². The minimum Gasteiger partial charge on any atom is -0.456 e. The first-order chi connectivity index (χ1) is 31.6. The summed E-state index contributed by atoms with van der Waals surface area (Å²) in [6, 6.07) is 29.1. The van der Waals surface area contributed by atoms with Gasteiger partial charge in [-0.15, -0.1) is 0 Å². The van der Waals surface area contributed by atoms with E-state index in [0.717, 1.165) is 33.1 Å². The summed E-state index contributed by atoms with van der Waals surface area (Å²) < 4.78 is 126. The molecular weight excluding hydrogens is 631 g/mol. The maximum atomic E-state index is 8.92. The molecule has 2 nitrogen and oxygen atoms in total. The molecule has 0 N–H and O–H groups in total. The molecule has 1 aromatic heterocycles. The highest BCUT2D eigenvalue weighted by Crippen LogP contribution is 2.40. The largest absolute Gasteiger partial charge is 0.456 e. The minimum atomic E-state index is -0.536. The molecule has 0 atom stereocenters. The minimum absolute atomic E-state index is 0.0253. The van der Waals surface area contributed by atoms with Crippen molar-refractivity contribution in [1.29, 1.82) is 0 Å². The molecule has 0 radical (unpaired) electrons. The van der Waals surface area contributed by atoms with Gasteiger partial charge in [0.1, 0.15) is 11.2 Å². The van der Waals surface area contributed by atoms with Gasteiger partial charge in [-0.3, -0.25) is 0 Å². The summed E-state index contributed by atoms with van der Waals surface area (Å²) in [6.45, 7) is 0. The molecule has 52 heavy (non-hydrogen) atoms. The average Bonchev–Trinajstić information content (AvgIpc) is 3.71. The Balaban J connectivity index is 1.15. The van der Waals surface area contributed by atoms with Gasteiger partial charge in [-0.25, -0.2) is 0 Å². The first kappa shape index (κ1) is 18.9. The van der Waals surface area contributed by atoms with Gasteiger partial charge in [0.05, 0.1) is 19.2 Å². The Morgan fingerprint density at radius 2 is 0.904 bits per heavy atom. The first-order valence-electron chi connectivity index (χ1n) is 23.6. The monoisotopic (exact) mass is 677 g/mol. The number of anilines is 3. The highest BCUT2D eigenvalue weighted by molar-refractivity contribution is 6.06. The van der Waals surface area contributed by atoms with Crippen LogP contribution in [0.5, 0.6) is 0 Å². The molecular formula is C50H33NO. The Kier molecular flexibility index (Phi) is 4.53. The summed E-state index contributed by atoms with van der Waals surface area (Å²) >= 11 is 0. The SMILES string of the molecule is [2H]c1c([2H])c([2H])c2c(-c3ccc(N(c4ccc(-c5c([2H])c([2H])c([2H])c6c([2H])c([2H])c([2H])c([2H])c56)cc4)c4cccc(-c5ccc6oc7ccccc7c6c5)c4)cc3)c([2H])c([2H])c([2H])c2c1[2H]. The van der Waals surface area contributed by atoms with Crippen LogP contribution in [0.15, 0.2) is 204 Å². The molecule has 10 rings (SSSR count). The fraction of sp³-hybridized carbons (Fsp3) is 0. The van der Waals surface area contributed by atoms with E-state index in [1.54, 1.807) is 48.5 Å². The molecule has 0 spiro atoms.